The highest BCUT2D eigenvalue weighted by Gasteiger charge is 2.26. The van der Waals surface area contributed by atoms with Gasteiger partial charge in [-0.1, -0.05) is 35.4 Å². The summed E-state index contributed by atoms with van der Waals surface area (Å²) in [5.41, 5.74) is 8.03. The van der Waals surface area contributed by atoms with E-state index in [1.807, 2.05) is 12.1 Å². The molecule has 0 unspecified atom stereocenters. The molecular weight excluding hydrogens is 281 g/mol. The van der Waals surface area contributed by atoms with Crippen LogP contribution in [0.3, 0.4) is 0 Å². The second-order valence-electron chi connectivity index (χ2n) is 6.31. The molecule has 0 heterocycles. The number of rotatable bonds is 5. The van der Waals surface area contributed by atoms with E-state index in [9.17, 15) is 5.02 Å². The van der Waals surface area contributed by atoms with Gasteiger partial charge in [-0.15, -0.1) is 0 Å². The summed E-state index contributed by atoms with van der Waals surface area (Å²) in [7, 11) is 0. The topological polar surface area (TPSA) is 23.5 Å². The summed E-state index contributed by atoms with van der Waals surface area (Å²) >= 11 is 0. The fourth-order valence-electron chi connectivity index (χ4n) is 3.38. The maximum atomic E-state index is 11.2. The van der Waals surface area contributed by atoms with Gasteiger partial charge in [-0.25, -0.2) is 0 Å². The molecule has 122 valence electrons. The SMILES string of the molecule is CCN(CC)c1ccccc1B(O)c1c(C)c(C)cc(C)c1C. The van der Waals surface area contributed by atoms with E-state index < -0.39 is 6.92 Å². The van der Waals surface area contributed by atoms with Crippen molar-refractivity contribution in [2.45, 2.75) is 41.5 Å². The molecule has 2 rings (SSSR count). The van der Waals surface area contributed by atoms with Crippen molar-refractivity contribution in [1.82, 2.24) is 0 Å². The zero-order chi connectivity index (χ0) is 17.1. The van der Waals surface area contributed by atoms with Gasteiger partial charge in [0.15, 0.2) is 0 Å². The average molecular weight is 309 g/mol. The van der Waals surface area contributed by atoms with Crippen molar-refractivity contribution in [3.05, 3.63) is 52.6 Å². The third kappa shape index (κ3) is 3.30. The zero-order valence-corrected chi connectivity index (χ0v) is 15.3. The van der Waals surface area contributed by atoms with Crippen molar-refractivity contribution in [2.75, 3.05) is 18.0 Å². The molecule has 0 spiro atoms. The van der Waals surface area contributed by atoms with Crippen molar-refractivity contribution in [3.63, 3.8) is 0 Å². The third-order valence-corrected chi connectivity index (χ3v) is 5.03. The van der Waals surface area contributed by atoms with Crippen LogP contribution in [0.4, 0.5) is 5.69 Å². The summed E-state index contributed by atoms with van der Waals surface area (Å²) in [4.78, 5) is 2.30. The van der Waals surface area contributed by atoms with Gasteiger partial charge in [-0.3, -0.25) is 0 Å². The highest BCUT2D eigenvalue weighted by molar-refractivity contribution is 6.80. The Labute approximate surface area is 141 Å². The number of anilines is 1. The lowest BCUT2D eigenvalue weighted by Crippen LogP contribution is -2.48. The van der Waals surface area contributed by atoms with Gasteiger partial charge in [0.25, 0.3) is 0 Å². The molecule has 0 amide bonds. The fraction of sp³-hybridized carbons (Fsp3) is 0.400. The summed E-state index contributed by atoms with van der Waals surface area (Å²) in [6.45, 7) is 14.0. The Bertz CT molecular complexity index is 666. The predicted octanol–water partition coefficient (Wildman–Crippen LogP) is 2.86. The minimum atomic E-state index is -0.592. The molecular formula is C20H28BNO. The molecule has 0 aromatic heterocycles. The van der Waals surface area contributed by atoms with Crippen LogP contribution in [0.2, 0.25) is 0 Å². The molecule has 0 saturated heterocycles. The average Bonchev–Trinajstić information content (AvgIpc) is 2.55. The van der Waals surface area contributed by atoms with E-state index in [2.05, 4.69) is 64.6 Å². The standard InChI is InChI=1S/C20H28BNO/c1-7-22(8-2)19-12-10-9-11-18(19)21(23)20-16(5)14(3)13-15(4)17(20)6/h9-13,23H,7-8H2,1-6H3. The van der Waals surface area contributed by atoms with Gasteiger partial charge in [-0.2, -0.15) is 0 Å². The van der Waals surface area contributed by atoms with Crippen LogP contribution >= 0.6 is 0 Å². The maximum absolute atomic E-state index is 11.2. The Morgan fingerprint density at radius 2 is 1.43 bits per heavy atom. The van der Waals surface area contributed by atoms with Crippen LogP contribution in [0.15, 0.2) is 30.3 Å². The molecule has 0 atom stereocenters. The first-order chi connectivity index (χ1) is 10.9. The van der Waals surface area contributed by atoms with Gasteiger partial charge in [0.1, 0.15) is 0 Å². The van der Waals surface area contributed by atoms with Crippen LogP contribution < -0.4 is 15.8 Å². The second-order valence-corrected chi connectivity index (χ2v) is 6.31. The van der Waals surface area contributed by atoms with Crippen molar-refractivity contribution in [2.24, 2.45) is 0 Å². The minimum Gasteiger partial charge on any atom is -0.443 e. The van der Waals surface area contributed by atoms with Crippen LogP contribution in [0.25, 0.3) is 0 Å². The van der Waals surface area contributed by atoms with E-state index in [1.54, 1.807) is 0 Å². The number of nitrogens with zero attached hydrogens (tertiary/aromatic N) is 1. The molecule has 0 fully saturated rings. The summed E-state index contributed by atoms with van der Waals surface area (Å²) in [6, 6.07) is 10.4. The Morgan fingerprint density at radius 1 is 0.913 bits per heavy atom. The van der Waals surface area contributed by atoms with Crippen LogP contribution in [0.1, 0.15) is 36.1 Å². The van der Waals surface area contributed by atoms with Crippen molar-refractivity contribution in [1.29, 1.82) is 0 Å². The summed E-state index contributed by atoms with van der Waals surface area (Å²) < 4.78 is 0. The number of para-hydroxylation sites is 1. The Kier molecular flexibility index (Phi) is 5.53. The molecule has 0 bridgehead atoms. The van der Waals surface area contributed by atoms with Crippen LogP contribution in [-0.4, -0.2) is 25.0 Å². The molecule has 2 aromatic carbocycles. The zero-order valence-electron chi connectivity index (χ0n) is 15.3. The summed E-state index contributed by atoms with van der Waals surface area (Å²) in [5, 5.41) is 11.2. The first kappa shape index (κ1) is 17.6. The first-order valence-electron chi connectivity index (χ1n) is 8.51. The molecule has 23 heavy (non-hydrogen) atoms. The van der Waals surface area contributed by atoms with E-state index in [0.29, 0.717) is 0 Å². The summed E-state index contributed by atoms with van der Waals surface area (Å²) in [5.74, 6) is 0. The van der Waals surface area contributed by atoms with Crippen LogP contribution in [0.5, 0.6) is 0 Å². The number of hydrogen-bond donors (Lipinski definition) is 1. The number of aryl methyl sites for hydroxylation is 2. The summed E-state index contributed by atoms with van der Waals surface area (Å²) in [6.07, 6.45) is 0. The van der Waals surface area contributed by atoms with Gasteiger partial charge in [0.2, 0.25) is 0 Å². The number of hydrogen-bond acceptors (Lipinski definition) is 2. The molecule has 3 heteroatoms. The molecule has 0 aliphatic heterocycles. The Balaban J connectivity index is 2.61. The third-order valence-electron chi connectivity index (χ3n) is 5.03. The van der Waals surface area contributed by atoms with Gasteiger partial charge < -0.3 is 9.92 Å². The first-order valence-corrected chi connectivity index (χ1v) is 8.51. The monoisotopic (exact) mass is 309 g/mol. The quantitative estimate of drug-likeness (QED) is 0.859. The fourth-order valence-corrected chi connectivity index (χ4v) is 3.38. The lowest BCUT2D eigenvalue weighted by atomic mass is 9.52. The van der Waals surface area contributed by atoms with E-state index >= 15 is 0 Å². The van der Waals surface area contributed by atoms with E-state index in [0.717, 1.165) is 29.7 Å². The molecule has 0 aliphatic rings. The van der Waals surface area contributed by atoms with E-state index in [-0.39, 0.29) is 0 Å². The van der Waals surface area contributed by atoms with Gasteiger partial charge in [0, 0.05) is 18.8 Å². The molecule has 2 aromatic rings. The van der Waals surface area contributed by atoms with E-state index in [4.69, 9.17) is 0 Å². The largest absolute Gasteiger partial charge is 0.443 e. The Morgan fingerprint density at radius 3 is 1.96 bits per heavy atom. The lowest BCUT2D eigenvalue weighted by molar-refractivity contribution is 0.599. The van der Waals surface area contributed by atoms with Gasteiger partial charge >= 0.3 is 6.92 Å². The van der Waals surface area contributed by atoms with Gasteiger partial charge in [0.05, 0.1) is 0 Å². The van der Waals surface area contributed by atoms with Crippen molar-refractivity contribution < 1.29 is 5.02 Å². The molecule has 2 nitrogen and oxygen atoms in total. The lowest BCUT2D eigenvalue weighted by Gasteiger charge is -2.26. The predicted molar refractivity (Wildman–Crippen MR) is 103 cm³/mol. The van der Waals surface area contributed by atoms with Crippen LogP contribution in [0, 0.1) is 27.7 Å². The smallest absolute Gasteiger partial charge is 0.361 e. The Hall–Kier alpha value is -1.74. The minimum absolute atomic E-state index is 0.592. The highest BCUT2D eigenvalue weighted by atomic mass is 16.2. The van der Waals surface area contributed by atoms with E-state index in [1.165, 1.54) is 22.3 Å². The molecule has 0 aliphatic carbocycles. The van der Waals surface area contributed by atoms with Crippen molar-refractivity contribution >= 4 is 23.5 Å². The second kappa shape index (κ2) is 7.22. The van der Waals surface area contributed by atoms with Crippen molar-refractivity contribution in [3.8, 4) is 0 Å². The maximum Gasteiger partial charge on any atom is 0.361 e. The normalized spacial score (nSPS) is 10.7. The highest BCUT2D eigenvalue weighted by Crippen LogP contribution is 2.16. The number of benzene rings is 2. The molecule has 0 saturated carbocycles. The van der Waals surface area contributed by atoms with Crippen LogP contribution in [-0.2, 0) is 0 Å². The molecule has 1 N–H and O–H groups in total. The van der Waals surface area contributed by atoms with Gasteiger partial charge in [-0.05, 0) is 69.7 Å². The molecule has 0 radical (unpaired) electrons.